The maximum absolute atomic E-state index is 13.3. The lowest BCUT2D eigenvalue weighted by molar-refractivity contribution is 0.371. The van der Waals surface area contributed by atoms with E-state index in [0.717, 1.165) is 25.3 Å². The highest BCUT2D eigenvalue weighted by molar-refractivity contribution is 5.60. The summed E-state index contributed by atoms with van der Waals surface area (Å²) < 4.78 is 13.3. The van der Waals surface area contributed by atoms with Gasteiger partial charge in [-0.3, -0.25) is 0 Å². The molecule has 1 heterocycles. The second-order valence-electron chi connectivity index (χ2n) is 5.73. The van der Waals surface area contributed by atoms with Crippen molar-refractivity contribution in [1.29, 1.82) is 5.26 Å². The SMILES string of the molecule is CC(C)N(CC1CCCNC1)c1ccc(F)cc1C#N. The maximum Gasteiger partial charge on any atom is 0.124 e. The molecule has 1 aliphatic heterocycles. The fraction of sp³-hybridized carbons (Fsp3) is 0.562. The first-order valence-electron chi connectivity index (χ1n) is 7.29. The van der Waals surface area contributed by atoms with Crippen molar-refractivity contribution in [3.63, 3.8) is 0 Å². The Kier molecular flexibility index (Phi) is 4.97. The number of rotatable bonds is 4. The van der Waals surface area contributed by atoms with Gasteiger partial charge in [-0.15, -0.1) is 0 Å². The molecule has 1 aromatic carbocycles. The van der Waals surface area contributed by atoms with Crippen LogP contribution in [0.25, 0.3) is 0 Å². The minimum atomic E-state index is -0.353. The van der Waals surface area contributed by atoms with Gasteiger partial charge >= 0.3 is 0 Å². The fourth-order valence-corrected chi connectivity index (χ4v) is 2.79. The van der Waals surface area contributed by atoms with E-state index in [1.165, 1.54) is 25.0 Å². The summed E-state index contributed by atoms with van der Waals surface area (Å²) in [5.74, 6) is 0.232. The molecular formula is C16H22FN3. The van der Waals surface area contributed by atoms with Crippen LogP contribution in [0.3, 0.4) is 0 Å². The third-order valence-corrected chi connectivity index (χ3v) is 3.87. The lowest BCUT2D eigenvalue weighted by Crippen LogP contribution is -2.41. The molecule has 1 unspecified atom stereocenters. The third-order valence-electron chi connectivity index (χ3n) is 3.87. The molecule has 4 heteroatoms. The fourth-order valence-electron chi connectivity index (χ4n) is 2.79. The Bertz CT molecular complexity index is 487. The molecule has 1 atom stereocenters. The van der Waals surface area contributed by atoms with E-state index in [4.69, 9.17) is 0 Å². The minimum absolute atomic E-state index is 0.287. The zero-order chi connectivity index (χ0) is 14.5. The van der Waals surface area contributed by atoms with Crippen LogP contribution in [0.2, 0.25) is 0 Å². The molecule has 1 saturated heterocycles. The lowest BCUT2D eigenvalue weighted by atomic mass is 9.97. The number of nitriles is 1. The molecule has 1 N–H and O–H groups in total. The number of halogens is 1. The average Bonchev–Trinajstić information content (AvgIpc) is 2.46. The van der Waals surface area contributed by atoms with Crippen LogP contribution in [0.4, 0.5) is 10.1 Å². The van der Waals surface area contributed by atoms with Gasteiger partial charge < -0.3 is 10.2 Å². The summed E-state index contributed by atoms with van der Waals surface area (Å²) in [6.45, 7) is 7.25. The van der Waals surface area contributed by atoms with Crippen LogP contribution in [0.1, 0.15) is 32.3 Å². The number of nitrogens with one attached hydrogen (secondary N) is 1. The van der Waals surface area contributed by atoms with Crippen molar-refractivity contribution in [3.05, 3.63) is 29.6 Å². The summed E-state index contributed by atoms with van der Waals surface area (Å²) in [5.41, 5.74) is 1.26. The van der Waals surface area contributed by atoms with Crippen LogP contribution >= 0.6 is 0 Å². The van der Waals surface area contributed by atoms with Crippen molar-refractivity contribution in [2.75, 3.05) is 24.5 Å². The number of hydrogen-bond donors (Lipinski definition) is 1. The van der Waals surface area contributed by atoms with Gasteiger partial charge in [0.2, 0.25) is 0 Å². The monoisotopic (exact) mass is 275 g/mol. The normalized spacial score (nSPS) is 18.9. The Labute approximate surface area is 120 Å². The van der Waals surface area contributed by atoms with E-state index >= 15 is 0 Å². The first kappa shape index (κ1) is 14.8. The van der Waals surface area contributed by atoms with Crippen molar-refractivity contribution < 1.29 is 4.39 Å². The summed E-state index contributed by atoms with van der Waals surface area (Å²) >= 11 is 0. The summed E-state index contributed by atoms with van der Waals surface area (Å²) in [7, 11) is 0. The van der Waals surface area contributed by atoms with Crippen molar-refractivity contribution in [2.45, 2.75) is 32.7 Å². The van der Waals surface area contributed by atoms with E-state index in [1.54, 1.807) is 6.07 Å². The van der Waals surface area contributed by atoms with Gasteiger partial charge in [0.05, 0.1) is 11.3 Å². The van der Waals surface area contributed by atoms with Gasteiger partial charge in [-0.2, -0.15) is 5.26 Å². The van der Waals surface area contributed by atoms with Crippen molar-refractivity contribution >= 4 is 5.69 Å². The van der Waals surface area contributed by atoms with Gasteiger partial charge in [0, 0.05) is 12.6 Å². The predicted octanol–water partition coefficient (Wildman–Crippen LogP) is 2.91. The number of benzene rings is 1. The second-order valence-corrected chi connectivity index (χ2v) is 5.73. The Morgan fingerprint density at radius 3 is 2.90 bits per heavy atom. The van der Waals surface area contributed by atoms with Gasteiger partial charge in [-0.25, -0.2) is 4.39 Å². The molecule has 0 spiro atoms. The topological polar surface area (TPSA) is 39.1 Å². The second kappa shape index (κ2) is 6.71. The molecular weight excluding hydrogens is 253 g/mol. The number of hydrogen-bond acceptors (Lipinski definition) is 3. The highest BCUT2D eigenvalue weighted by Gasteiger charge is 2.21. The van der Waals surface area contributed by atoms with E-state index in [2.05, 4.69) is 30.1 Å². The van der Waals surface area contributed by atoms with Crippen molar-refractivity contribution in [2.24, 2.45) is 5.92 Å². The Morgan fingerprint density at radius 1 is 1.50 bits per heavy atom. The first-order chi connectivity index (χ1) is 9.61. The number of piperidine rings is 1. The maximum atomic E-state index is 13.3. The molecule has 3 nitrogen and oxygen atoms in total. The van der Waals surface area contributed by atoms with Crippen LogP contribution in [-0.4, -0.2) is 25.7 Å². The summed E-state index contributed by atoms with van der Waals surface area (Å²) in [4.78, 5) is 2.22. The molecule has 1 fully saturated rings. The van der Waals surface area contributed by atoms with E-state index in [9.17, 15) is 9.65 Å². The zero-order valence-corrected chi connectivity index (χ0v) is 12.2. The highest BCUT2D eigenvalue weighted by atomic mass is 19.1. The third kappa shape index (κ3) is 3.49. The highest BCUT2D eigenvalue weighted by Crippen LogP contribution is 2.25. The van der Waals surface area contributed by atoms with Crippen LogP contribution in [-0.2, 0) is 0 Å². The molecule has 1 aliphatic rings. The largest absolute Gasteiger partial charge is 0.368 e. The van der Waals surface area contributed by atoms with Crippen LogP contribution in [0.5, 0.6) is 0 Å². The number of nitrogens with zero attached hydrogens (tertiary/aromatic N) is 2. The summed E-state index contributed by atoms with van der Waals surface area (Å²) in [6.07, 6.45) is 2.41. The molecule has 0 saturated carbocycles. The van der Waals surface area contributed by atoms with Gasteiger partial charge in [0.25, 0.3) is 0 Å². The number of anilines is 1. The summed E-state index contributed by atoms with van der Waals surface area (Å²) in [6, 6.07) is 6.88. The molecule has 20 heavy (non-hydrogen) atoms. The van der Waals surface area contributed by atoms with Gasteiger partial charge in [0.1, 0.15) is 11.9 Å². The van der Waals surface area contributed by atoms with Gasteiger partial charge in [0.15, 0.2) is 0 Å². The minimum Gasteiger partial charge on any atom is -0.368 e. The molecule has 0 radical (unpaired) electrons. The lowest BCUT2D eigenvalue weighted by Gasteiger charge is -2.35. The quantitative estimate of drug-likeness (QED) is 0.918. The van der Waals surface area contributed by atoms with Gasteiger partial charge in [-0.1, -0.05) is 0 Å². The zero-order valence-electron chi connectivity index (χ0n) is 12.2. The van der Waals surface area contributed by atoms with Crippen LogP contribution in [0.15, 0.2) is 18.2 Å². The first-order valence-corrected chi connectivity index (χ1v) is 7.29. The van der Waals surface area contributed by atoms with Crippen LogP contribution < -0.4 is 10.2 Å². The molecule has 0 aromatic heterocycles. The molecule has 2 rings (SSSR count). The Hall–Kier alpha value is -1.60. The molecule has 0 amide bonds. The van der Waals surface area contributed by atoms with Crippen LogP contribution in [0, 0.1) is 23.1 Å². The summed E-state index contributed by atoms with van der Waals surface area (Å²) in [5, 5.41) is 12.6. The van der Waals surface area contributed by atoms with Crippen molar-refractivity contribution in [1.82, 2.24) is 5.32 Å². The predicted molar refractivity (Wildman–Crippen MR) is 79.2 cm³/mol. The molecule has 0 bridgehead atoms. The average molecular weight is 275 g/mol. The van der Waals surface area contributed by atoms with Crippen molar-refractivity contribution in [3.8, 4) is 6.07 Å². The Morgan fingerprint density at radius 2 is 2.30 bits per heavy atom. The van der Waals surface area contributed by atoms with E-state index < -0.39 is 0 Å². The van der Waals surface area contributed by atoms with Gasteiger partial charge in [-0.05, 0) is 63.9 Å². The standard InChI is InChI=1S/C16H22FN3/c1-12(2)20(11-13-4-3-7-19-10-13)16-6-5-15(17)8-14(16)9-18/h5-6,8,12-13,19H,3-4,7,10-11H2,1-2H3. The molecule has 1 aromatic rings. The van der Waals surface area contributed by atoms with E-state index in [0.29, 0.717) is 11.5 Å². The molecule has 0 aliphatic carbocycles. The Balaban J connectivity index is 2.22. The van der Waals surface area contributed by atoms with E-state index in [1.807, 2.05) is 0 Å². The smallest absolute Gasteiger partial charge is 0.124 e. The molecule has 108 valence electrons. The van der Waals surface area contributed by atoms with E-state index in [-0.39, 0.29) is 11.9 Å².